The van der Waals surface area contributed by atoms with E-state index in [1.54, 1.807) is 19.2 Å². The lowest BCUT2D eigenvalue weighted by Gasteiger charge is -2.22. The molecule has 0 saturated carbocycles. The standard InChI is InChI=1S/C15H19FN4O2.HI/c1-17-15(18-9-12-6-7-22-19-12)20(2)10-11-4-5-14(21-3)13(16)8-11;/h4-8H,9-10H2,1-3H3,(H,17,18);1H. The topological polar surface area (TPSA) is 62.9 Å². The van der Waals surface area contributed by atoms with E-state index in [4.69, 9.17) is 9.26 Å². The van der Waals surface area contributed by atoms with Gasteiger partial charge >= 0.3 is 0 Å². The molecule has 1 aromatic carbocycles. The Balaban J connectivity index is 0.00000264. The summed E-state index contributed by atoms with van der Waals surface area (Å²) in [6.07, 6.45) is 1.52. The van der Waals surface area contributed by atoms with Gasteiger partial charge in [-0.15, -0.1) is 24.0 Å². The van der Waals surface area contributed by atoms with E-state index in [-0.39, 0.29) is 35.5 Å². The first kappa shape index (κ1) is 19.2. The molecular formula is C15H20FIN4O2. The molecule has 0 spiro atoms. The van der Waals surface area contributed by atoms with Crippen LogP contribution < -0.4 is 10.1 Å². The highest BCUT2D eigenvalue weighted by Gasteiger charge is 2.09. The second-order valence-corrected chi connectivity index (χ2v) is 4.72. The molecule has 2 rings (SSSR count). The van der Waals surface area contributed by atoms with Gasteiger partial charge in [-0.05, 0) is 17.7 Å². The van der Waals surface area contributed by atoms with Crippen LogP contribution in [0.1, 0.15) is 11.3 Å². The minimum Gasteiger partial charge on any atom is -0.494 e. The molecule has 0 saturated heterocycles. The molecule has 126 valence electrons. The molecule has 1 heterocycles. The predicted octanol–water partition coefficient (Wildman–Crippen LogP) is 2.65. The number of guanidine groups is 1. The third-order valence-corrected chi connectivity index (χ3v) is 3.13. The lowest BCUT2D eigenvalue weighted by atomic mass is 10.2. The zero-order chi connectivity index (χ0) is 15.9. The Morgan fingerprint density at radius 2 is 2.22 bits per heavy atom. The van der Waals surface area contributed by atoms with E-state index in [1.165, 1.54) is 19.4 Å². The number of aromatic nitrogens is 1. The van der Waals surface area contributed by atoms with E-state index in [0.717, 1.165) is 11.3 Å². The average molecular weight is 434 g/mol. The van der Waals surface area contributed by atoms with Crippen LogP contribution in [0.2, 0.25) is 0 Å². The van der Waals surface area contributed by atoms with Crippen molar-refractivity contribution in [3.63, 3.8) is 0 Å². The second kappa shape index (κ2) is 9.33. The van der Waals surface area contributed by atoms with E-state index in [0.29, 0.717) is 19.0 Å². The van der Waals surface area contributed by atoms with E-state index in [1.807, 2.05) is 18.0 Å². The van der Waals surface area contributed by atoms with Crippen LogP contribution in [-0.2, 0) is 13.1 Å². The number of methoxy groups -OCH3 is 1. The predicted molar refractivity (Wildman–Crippen MR) is 96.5 cm³/mol. The van der Waals surface area contributed by atoms with Crippen molar-refractivity contribution in [3.8, 4) is 5.75 Å². The third-order valence-electron chi connectivity index (χ3n) is 3.13. The van der Waals surface area contributed by atoms with Crippen molar-refractivity contribution in [1.29, 1.82) is 0 Å². The van der Waals surface area contributed by atoms with Crippen LogP contribution in [0.15, 0.2) is 40.0 Å². The van der Waals surface area contributed by atoms with Crippen molar-refractivity contribution < 1.29 is 13.7 Å². The van der Waals surface area contributed by atoms with Crippen LogP contribution in [0.4, 0.5) is 4.39 Å². The minimum absolute atomic E-state index is 0. The number of hydrogen-bond donors (Lipinski definition) is 1. The maximum Gasteiger partial charge on any atom is 0.194 e. The molecule has 8 heteroatoms. The van der Waals surface area contributed by atoms with Crippen molar-refractivity contribution >= 4 is 29.9 Å². The number of hydrogen-bond acceptors (Lipinski definition) is 4. The summed E-state index contributed by atoms with van der Waals surface area (Å²) < 4.78 is 23.4. The molecule has 0 unspecified atom stereocenters. The lowest BCUT2D eigenvalue weighted by molar-refractivity contribution is 0.385. The van der Waals surface area contributed by atoms with Crippen LogP contribution in [0.3, 0.4) is 0 Å². The normalized spacial score (nSPS) is 10.9. The SMILES string of the molecule is CN=C(NCc1ccon1)N(C)Cc1ccc(OC)c(F)c1.I. The van der Waals surface area contributed by atoms with E-state index in [2.05, 4.69) is 15.5 Å². The summed E-state index contributed by atoms with van der Waals surface area (Å²) >= 11 is 0. The zero-order valence-electron chi connectivity index (χ0n) is 13.2. The fourth-order valence-electron chi connectivity index (χ4n) is 2.04. The van der Waals surface area contributed by atoms with Gasteiger partial charge in [0.1, 0.15) is 12.0 Å². The summed E-state index contributed by atoms with van der Waals surface area (Å²) in [7, 11) is 5.01. The summed E-state index contributed by atoms with van der Waals surface area (Å²) in [4.78, 5) is 6.08. The van der Waals surface area contributed by atoms with Gasteiger partial charge in [0.25, 0.3) is 0 Å². The second-order valence-electron chi connectivity index (χ2n) is 4.72. The van der Waals surface area contributed by atoms with Gasteiger partial charge in [0, 0.05) is 26.7 Å². The number of nitrogens with zero attached hydrogens (tertiary/aromatic N) is 3. The highest BCUT2D eigenvalue weighted by molar-refractivity contribution is 14.0. The Hall–Kier alpha value is -1.84. The fourth-order valence-corrected chi connectivity index (χ4v) is 2.04. The maximum absolute atomic E-state index is 13.7. The van der Waals surface area contributed by atoms with E-state index >= 15 is 0 Å². The molecule has 0 bridgehead atoms. The summed E-state index contributed by atoms with van der Waals surface area (Å²) in [5.74, 6) is 0.540. The smallest absolute Gasteiger partial charge is 0.194 e. The van der Waals surface area contributed by atoms with Gasteiger partial charge in [-0.1, -0.05) is 11.2 Å². The molecule has 23 heavy (non-hydrogen) atoms. The van der Waals surface area contributed by atoms with Crippen LogP contribution in [0.25, 0.3) is 0 Å². The first-order valence-corrected chi connectivity index (χ1v) is 6.77. The van der Waals surface area contributed by atoms with Crippen LogP contribution in [0.5, 0.6) is 5.75 Å². The van der Waals surface area contributed by atoms with E-state index in [9.17, 15) is 4.39 Å². The van der Waals surface area contributed by atoms with Gasteiger partial charge in [-0.3, -0.25) is 4.99 Å². The molecule has 0 amide bonds. The molecule has 0 aliphatic carbocycles. The molecule has 6 nitrogen and oxygen atoms in total. The Kier molecular flexibility index (Phi) is 7.79. The molecule has 0 atom stereocenters. The summed E-state index contributed by atoms with van der Waals surface area (Å²) in [5, 5.41) is 6.99. The Bertz CT molecular complexity index is 634. The zero-order valence-corrected chi connectivity index (χ0v) is 15.6. The summed E-state index contributed by atoms with van der Waals surface area (Å²) in [5.41, 5.74) is 1.61. The lowest BCUT2D eigenvalue weighted by Crippen LogP contribution is -2.38. The monoisotopic (exact) mass is 434 g/mol. The largest absolute Gasteiger partial charge is 0.494 e. The minimum atomic E-state index is -0.376. The van der Waals surface area contributed by atoms with Crippen molar-refractivity contribution in [3.05, 3.63) is 47.6 Å². The van der Waals surface area contributed by atoms with Crippen molar-refractivity contribution in [2.75, 3.05) is 21.2 Å². The van der Waals surface area contributed by atoms with Crippen LogP contribution in [-0.4, -0.2) is 37.2 Å². The Morgan fingerprint density at radius 1 is 1.43 bits per heavy atom. The van der Waals surface area contributed by atoms with Crippen molar-refractivity contribution in [2.45, 2.75) is 13.1 Å². The molecule has 0 radical (unpaired) electrons. The maximum atomic E-state index is 13.7. The van der Waals surface area contributed by atoms with Crippen molar-refractivity contribution in [2.24, 2.45) is 4.99 Å². The molecule has 0 fully saturated rings. The average Bonchev–Trinajstić information content (AvgIpc) is 3.01. The van der Waals surface area contributed by atoms with Crippen molar-refractivity contribution in [1.82, 2.24) is 15.4 Å². The van der Waals surface area contributed by atoms with Crippen LogP contribution in [0, 0.1) is 5.82 Å². The summed E-state index contributed by atoms with van der Waals surface area (Å²) in [6, 6.07) is 6.67. The van der Waals surface area contributed by atoms with Gasteiger partial charge < -0.3 is 19.5 Å². The number of nitrogens with one attached hydrogen (secondary N) is 1. The van der Waals surface area contributed by atoms with Gasteiger partial charge in [-0.25, -0.2) is 4.39 Å². The fraction of sp³-hybridized carbons (Fsp3) is 0.333. The van der Waals surface area contributed by atoms with Gasteiger partial charge in [0.05, 0.1) is 13.7 Å². The quantitative estimate of drug-likeness (QED) is 0.446. The highest BCUT2D eigenvalue weighted by atomic mass is 127. The van der Waals surface area contributed by atoms with Gasteiger partial charge in [0.15, 0.2) is 17.5 Å². The number of rotatable bonds is 5. The van der Waals surface area contributed by atoms with Crippen LogP contribution >= 0.6 is 24.0 Å². The Labute approximate surface area is 151 Å². The first-order valence-electron chi connectivity index (χ1n) is 6.77. The molecule has 1 aromatic heterocycles. The van der Waals surface area contributed by atoms with Gasteiger partial charge in [0.2, 0.25) is 0 Å². The molecule has 1 N–H and O–H groups in total. The molecule has 0 aliphatic heterocycles. The molecule has 0 aliphatic rings. The highest BCUT2D eigenvalue weighted by Crippen LogP contribution is 2.18. The third kappa shape index (κ3) is 5.38. The number of halogens is 2. The number of benzene rings is 1. The first-order chi connectivity index (χ1) is 10.6. The van der Waals surface area contributed by atoms with E-state index < -0.39 is 0 Å². The summed E-state index contributed by atoms with van der Waals surface area (Å²) in [6.45, 7) is 1.02. The molecular weight excluding hydrogens is 414 g/mol. The number of aliphatic imine (C=N–C) groups is 1. The molecule has 2 aromatic rings. The van der Waals surface area contributed by atoms with Gasteiger partial charge in [-0.2, -0.15) is 0 Å². The Morgan fingerprint density at radius 3 is 2.78 bits per heavy atom. The number of ether oxygens (including phenoxy) is 1.